The maximum atomic E-state index is 12.7. The van der Waals surface area contributed by atoms with Crippen LogP contribution in [0.3, 0.4) is 0 Å². The Morgan fingerprint density at radius 2 is 1.42 bits per heavy atom. The third-order valence-corrected chi connectivity index (χ3v) is 5.73. The molecule has 1 atom stereocenters. The van der Waals surface area contributed by atoms with E-state index in [0.29, 0.717) is 11.7 Å². The summed E-state index contributed by atoms with van der Waals surface area (Å²) in [5.74, 6) is 1.34. The Bertz CT molecular complexity index is 388. The fraction of sp³-hybridized carbons (Fsp3) is 0.950. The van der Waals surface area contributed by atoms with Crippen LogP contribution in [0.4, 0.5) is 0 Å². The smallest absolute Gasteiger partial charge is 0.223 e. The molecule has 0 aliphatic carbocycles. The summed E-state index contributed by atoms with van der Waals surface area (Å²) in [6.45, 7) is 21.7. The zero-order chi connectivity index (χ0) is 19.3. The molecular formula is C20H42N2OS. The molecule has 0 spiro atoms. The second-order valence-electron chi connectivity index (χ2n) is 10.6. The normalized spacial score (nSPS) is 14.8. The van der Waals surface area contributed by atoms with E-state index in [1.54, 1.807) is 0 Å². The van der Waals surface area contributed by atoms with Crippen molar-refractivity contribution in [1.82, 2.24) is 9.80 Å². The van der Waals surface area contributed by atoms with Crippen LogP contribution in [0.15, 0.2) is 0 Å². The van der Waals surface area contributed by atoms with E-state index in [1.807, 2.05) is 23.7 Å². The fourth-order valence-electron chi connectivity index (χ4n) is 2.27. The molecule has 0 aliphatic rings. The van der Waals surface area contributed by atoms with Crippen LogP contribution < -0.4 is 0 Å². The van der Waals surface area contributed by atoms with Crippen molar-refractivity contribution < 1.29 is 4.79 Å². The number of hydrogen-bond acceptors (Lipinski definition) is 3. The van der Waals surface area contributed by atoms with Crippen LogP contribution in [-0.4, -0.2) is 59.4 Å². The molecule has 0 saturated heterocycles. The molecule has 144 valence electrons. The van der Waals surface area contributed by atoms with Crippen molar-refractivity contribution in [1.29, 1.82) is 0 Å². The van der Waals surface area contributed by atoms with E-state index in [0.717, 1.165) is 18.8 Å². The molecule has 1 amide bonds. The number of carbonyl (C=O) groups excluding carboxylic acids is 1. The molecule has 3 nitrogen and oxygen atoms in total. The van der Waals surface area contributed by atoms with E-state index >= 15 is 0 Å². The lowest BCUT2D eigenvalue weighted by molar-refractivity contribution is -0.131. The number of rotatable bonds is 7. The van der Waals surface area contributed by atoms with Crippen molar-refractivity contribution in [2.45, 2.75) is 79.5 Å². The van der Waals surface area contributed by atoms with Gasteiger partial charge in [-0.05, 0) is 44.4 Å². The van der Waals surface area contributed by atoms with Crippen molar-refractivity contribution in [3.63, 3.8) is 0 Å². The van der Waals surface area contributed by atoms with E-state index in [2.05, 4.69) is 74.3 Å². The molecule has 0 aliphatic heterocycles. The summed E-state index contributed by atoms with van der Waals surface area (Å²) in [5.41, 5.74) is 0.547. The van der Waals surface area contributed by atoms with Crippen LogP contribution in [0.2, 0.25) is 0 Å². The van der Waals surface area contributed by atoms with Crippen LogP contribution in [0.1, 0.15) is 68.7 Å². The van der Waals surface area contributed by atoms with Crippen molar-refractivity contribution in [3.8, 4) is 0 Å². The monoisotopic (exact) mass is 358 g/mol. The first-order chi connectivity index (χ1) is 10.5. The van der Waals surface area contributed by atoms with Gasteiger partial charge in [-0.1, -0.05) is 41.5 Å². The minimum Gasteiger partial charge on any atom is -0.345 e. The summed E-state index contributed by atoms with van der Waals surface area (Å²) in [7, 11) is 4.10. The highest BCUT2D eigenvalue weighted by molar-refractivity contribution is 8.00. The Kier molecular flexibility index (Phi) is 8.85. The number of amides is 1. The molecular weight excluding hydrogens is 316 g/mol. The molecule has 0 bridgehead atoms. The Hall–Kier alpha value is -0.220. The SMILES string of the molecule is CN(CC(C)(C)C)C(=O)CC(CN(C)C(C)(C)C)SCC(C)(C)C. The summed E-state index contributed by atoms with van der Waals surface area (Å²) in [6.07, 6.45) is 0.619. The first kappa shape index (κ1) is 23.8. The summed E-state index contributed by atoms with van der Waals surface area (Å²) in [5, 5.41) is 0.336. The summed E-state index contributed by atoms with van der Waals surface area (Å²) in [6, 6.07) is 0. The van der Waals surface area contributed by atoms with Gasteiger partial charge >= 0.3 is 0 Å². The average molecular weight is 359 g/mol. The van der Waals surface area contributed by atoms with Crippen molar-refractivity contribution >= 4 is 17.7 Å². The maximum absolute atomic E-state index is 12.7. The van der Waals surface area contributed by atoms with Crippen LogP contribution in [-0.2, 0) is 4.79 Å². The number of nitrogens with zero attached hydrogens (tertiary/aromatic N) is 2. The Labute approximate surface area is 155 Å². The molecule has 0 aromatic rings. The van der Waals surface area contributed by atoms with Gasteiger partial charge in [0.1, 0.15) is 0 Å². The predicted molar refractivity (Wildman–Crippen MR) is 110 cm³/mol. The van der Waals surface area contributed by atoms with Gasteiger partial charge in [-0.25, -0.2) is 0 Å². The molecule has 0 saturated carbocycles. The molecule has 0 aromatic heterocycles. The highest BCUT2D eigenvalue weighted by Crippen LogP contribution is 2.28. The van der Waals surface area contributed by atoms with Gasteiger partial charge in [0.2, 0.25) is 5.91 Å². The van der Waals surface area contributed by atoms with Crippen LogP contribution in [0.25, 0.3) is 0 Å². The number of hydrogen-bond donors (Lipinski definition) is 0. The molecule has 0 rings (SSSR count). The highest BCUT2D eigenvalue weighted by Gasteiger charge is 2.26. The molecule has 1 unspecified atom stereocenters. The van der Waals surface area contributed by atoms with E-state index < -0.39 is 0 Å². The van der Waals surface area contributed by atoms with Gasteiger partial charge in [0, 0.05) is 37.3 Å². The molecule has 0 radical (unpaired) electrons. The highest BCUT2D eigenvalue weighted by atomic mass is 32.2. The zero-order valence-electron chi connectivity index (χ0n) is 18.1. The van der Waals surface area contributed by atoms with Gasteiger partial charge in [0.25, 0.3) is 0 Å². The standard InChI is InChI=1S/C20H42N2OS/c1-18(2,3)14-21(10)17(23)12-16(24-15-19(4,5)6)13-22(11)20(7,8)9/h16H,12-15H2,1-11H3. The van der Waals surface area contributed by atoms with E-state index in [4.69, 9.17) is 0 Å². The minimum atomic E-state index is 0.126. The number of thioether (sulfide) groups is 1. The van der Waals surface area contributed by atoms with Crippen LogP contribution in [0.5, 0.6) is 0 Å². The largest absolute Gasteiger partial charge is 0.345 e. The maximum Gasteiger partial charge on any atom is 0.223 e. The van der Waals surface area contributed by atoms with Gasteiger partial charge in [-0.3, -0.25) is 4.79 Å². The van der Waals surface area contributed by atoms with Crippen LogP contribution in [0, 0.1) is 10.8 Å². The van der Waals surface area contributed by atoms with Crippen molar-refractivity contribution in [2.24, 2.45) is 10.8 Å². The van der Waals surface area contributed by atoms with E-state index in [9.17, 15) is 4.79 Å². The molecule has 0 heterocycles. The first-order valence-electron chi connectivity index (χ1n) is 9.08. The van der Waals surface area contributed by atoms with Crippen molar-refractivity contribution in [2.75, 3.05) is 32.9 Å². The molecule has 0 N–H and O–H groups in total. The number of carbonyl (C=O) groups is 1. The lowest BCUT2D eigenvalue weighted by atomic mass is 9.96. The Balaban J connectivity index is 4.89. The molecule has 4 heteroatoms. The van der Waals surface area contributed by atoms with Gasteiger partial charge in [0.15, 0.2) is 0 Å². The third-order valence-electron chi connectivity index (χ3n) is 3.91. The lowest BCUT2D eigenvalue weighted by Gasteiger charge is -2.36. The topological polar surface area (TPSA) is 23.6 Å². The van der Waals surface area contributed by atoms with E-state index in [-0.39, 0.29) is 22.3 Å². The predicted octanol–water partition coefficient (Wildman–Crippen LogP) is 4.76. The summed E-state index contributed by atoms with van der Waals surface area (Å²) in [4.78, 5) is 17.0. The van der Waals surface area contributed by atoms with Gasteiger partial charge in [0.05, 0.1) is 0 Å². The Morgan fingerprint density at radius 1 is 0.917 bits per heavy atom. The molecule has 0 fully saturated rings. The second-order valence-corrected chi connectivity index (χ2v) is 11.8. The average Bonchev–Trinajstić information content (AvgIpc) is 2.31. The summed E-state index contributed by atoms with van der Waals surface area (Å²) < 4.78 is 0. The summed E-state index contributed by atoms with van der Waals surface area (Å²) >= 11 is 1.95. The zero-order valence-corrected chi connectivity index (χ0v) is 18.9. The van der Waals surface area contributed by atoms with Gasteiger partial charge in [-0.2, -0.15) is 11.8 Å². The van der Waals surface area contributed by atoms with E-state index in [1.165, 1.54) is 0 Å². The van der Waals surface area contributed by atoms with Gasteiger partial charge in [-0.15, -0.1) is 0 Å². The fourth-order valence-corrected chi connectivity index (χ4v) is 3.60. The molecule has 24 heavy (non-hydrogen) atoms. The van der Waals surface area contributed by atoms with Crippen molar-refractivity contribution in [3.05, 3.63) is 0 Å². The minimum absolute atomic E-state index is 0.126. The second kappa shape index (κ2) is 8.93. The Morgan fingerprint density at radius 3 is 1.79 bits per heavy atom. The quantitative estimate of drug-likeness (QED) is 0.655. The van der Waals surface area contributed by atoms with Crippen LogP contribution >= 0.6 is 11.8 Å². The lowest BCUT2D eigenvalue weighted by Crippen LogP contribution is -2.44. The van der Waals surface area contributed by atoms with Gasteiger partial charge < -0.3 is 9.80 Å². The first-order valence-corrected chi connectivity index (χ1v) is 10.1. The molecule has 0 aromatic carbocycles. The third kappa shape index (κ3) is 11.4.